The summed E-state index contributed by atoms with van der Waals surface area (Å²) in [5.74, 6) is 2.99. The molecule has 0 aromatic carbocycles. The first-order valence-electron chi connectivity index (χ1n) is 5.82. The van der Waals surface area contributed by atoms with Crippen molar-refractivity contribution in [2.24, 2.45) is 0 Å². The second-order valence-electron chi connectivity index (χ2n) is 4.07. The molecule has 1 atom stereocenters. The number of nitrogens with zero attached hydrogens (tertiary/aromatic N) is 1. The molecule has 2 rings (SSSR count). The van der Waals surface area contributed by atoms with Crippen LogP contribution in [0.2, 0.25) is 0 Å². The Hall–Kier alpha value is -1.23. The number of rotatable bonds is 3. The third kappa shape index (κ3) is 3.36. The van der Waals surface area contributed by atoms with Gasteiger partial charge in [0, 0.05) is 25.0 Å². The third-order valence-corrected chi connectivity index (χ3v) is 3.99. The van der Waals surface area contributed by atoms with Crippen LogP contribution in [-0.2, 0) is 0 Å². The van der Waals surface area contributed by atoms with Gasteiger partial charge in [0.15, 0.2) is 0 Å². The van der Waals surface area contributed by atoms with Crippen LogP contribution in [0, 0.1) is 0 Å². The van der Waals surface area contributed by atoms with Crippen LogP contribution in [0.3, 0.4) is 0 Å². The Kier molecular flexibility index (Phi) is 4.25. The Morgan fingerprint density at radius 1 is 1.53 bits per heavy atom. The highest BCUT2D eigenvalue weighted by Gasteiger charge is 2.16. The molecule has 0 bridgehead atoms. The van der Waals surface area contributed by atoms with E-state index in [4.69, 9.17) is 0 Å². The summed E-state index contributed by atoms with van der Waals surface area (Å²) in [6, 6.07) is 3.92. The lowest BCUT2D eigenvalue weighted by atomic mass is 10.1. The molecule has 1 aliphatic rings. The van der Waals surface area contributed by atoms with Crippen molar-refractivity contribution in [1.29, 1.82) is 0 Å². The molecular weight excluding hydrogens is 234 g/mol. The summed E-state index contributed by atoms with van der Waals surface area (Å²) in [5.41, 5.74) is 0.625. The van der Waals surface area contributed by atoms with E-state index in [1.165, 1.54) is 12.2 Å². The number of thioether (sulfide) groups is 1. The van der Waals surface area contributed by atoms with E-state index in [1.54, 1.807) is 19.3 Å². The van der Waals surface area contributed by atoms with Gasteiger partial charge in [-0.25, -0.2) is 4.98 Å². The molecule has 4 nitrogen and oxygen atoms in total. The number of aromatic nitrogens is 1. The summed E-state index contributed by atoms with van der Waals surface area (Å²) < 4.78 is 0. The van der Waals surface area contributed by atoms with E-state index in [1.807, 2.05) is 17.8 Å². The summed E-state index contributed by atoms with van der Waals surface area (Å²) in [4.78, 5) is 16.1. The minimum atomic E-state index is -0.0207. The van der Waals surface area contributed by atoms with Crippen molar-refractivity contribution in [3.63, 3.8) is 0 Å². The van der Waals surface area contributed by atoms with Crippen LogP contribution in [-0.4, -0.2) is 35.5 Å². The maximum atomic E-state index is 11.9. The first-order valence-corrected chi connectivity index (χ1v) is 6.97. The second kappa shape index (κ2) is 5.91. The molecule has 1 saturated heterocycles. The van der Waals surface area contributed by atoms with E-state index in [0.717, 1.165) is 18.0 Å². The molecule has 1 amide bonds. The average Bonchev–Trinajstić information content (AvgIpc) is 2.40. The summed E-state index contributed by atoms with van der Waals surface area (Å²) in [5, 5.41) is 5.98. The molecule has 5 heteroatoms. The van der Waals surface area contributed by atoms with Gasteiger partial charge in [-0.1, -0.05) is 0 Å². The molecular formula is C12H17N3OS. The Morgan fingerprint density at radius 2 is 2.41 bits per heavy atom. The minimum Gasteiger partial charge on any atom is -0.373 e. The summed E-state index contributed by atoms with van der Waals surface area (Å²) in [6.45, 7) is 0. The fourth-order valence-electron chi connectivity index (χ4n) is 1.80. The fraction of sp³-hybridized carbons (Fsp3) is 0.500. The molecule has 1 fully saturated rings. The number of hydrogen-bond donors (Lipinski definition) is 2. The van der Waals surface area contributed by atoms with Crippen molar-refractivity contribution < 1.29 is 4.79 Å². The molecule has 1 unspecified atom stereocenters. The maximum absolute atomic E-state index is 11.9. The number of pyridine rings is 1. The first kappa shape index (κ1) is 12.2. The number of carbonyl (C=O) groups is 1. The number of amides is 1. The monoisotopic (exact) mass is 251 g/mol. The summed E-state index contributed by atoms with van der Waals surface area (Å²) in [6.07, 6.45) is 3.88. The van der Waals surface area contributed by atoms with Gasteiger partial charge in [0.1, 0.15) is 5.82 Å². The van der Waals surface area contributed by atoms with Crippen molar-refractivity contribution in [2.75, 3.05) is 23.9 Å². The van der Waals surface area contributed by atoms with Crippen LogP contribution in [0.15, 0.2) is 18.3 Å². The Morgan fingerprint density at radius 3 is 3.00 bits per heavy atom. The Balaban J connectivity index is 1.93. The molecule has 0 radical (unpaired) electrons. The van der Waals surface area contributed by atoms with Gasteiger partial charge in [0.25, 0.3) is 5.91 Å². The molecule has 1 aliphatic heterocycles. The van der Waals surface area contributed by atoms with Gasteiger partial charge in [-0.2, -0.15) is 11.8 Å². The molecule has 17 heavy (non-hydrogen) atoms. The lowest BCUT2D eigenvalue weighted by molar-refractivity contribution is 0.0938. The third-order valence-electron chi connectivity index (χ3n) is 2.78. The number of hydrogen-bond acceptors (Lipinski definition) is 4. The zero-order valence-corrected chi connectivity index (χ0v) is 10.7. The normalized spacial score (nSPS) is 19.7. The molecule has 0 aliphatic carbocycles. The van der Waals surface area contributed by atoms with Crippen LogP contribution >= 0.6 is 11.8 Å². The van der Waals surface area contributed by atoms with Gasteiger partial charge < -0.3 is 10.6 Å². The standard InChI is InChI=1S/C12H17N3OS/c1-13-11-5-4-9(7-14-11)12(16)15-10-3-2-6-17-8-10/h4-5,7,10H,2-3,6,8H2,1H3,(H,13,14)(H,15,16). The number of carbonyl (C=O) groups excluding carboxylic acids is 1. The van der Waals surface area contributed by atoms with E-state index >= 15 is 0 Å². The van der Waals surface area contributed by atoms with Gasteiger partial charge in [0.05, 0.1) is 5.56 Å². The smallest absolute Gasteiger partial charge is 0.253 e. The average molecular weight is 251 g/mol. The van der Waals surface area contributed by atoms with Crippen molar-refractivity contribution >= 4 is 23.5 Å². The number of anilines is 1. The van der Waals surface area contributed by atoms with Crippen molar-refractivity contribution in [1.82, 2.24) is 10.3 Å². The molecule has 0 spiro atoms. The molecule has 1 aromatic heterocycles. The predicted molar refractivity (Wildman–Crippen MR) is 71.6 cm³/mol. The molecule has 2 N–H and O–H groups in total. The highest BCUT2D eigenvalue weighted by atomic mass is 32.2. The molecule has 2 heterocycles. The lowest BCUT2D eigenvalue weighted by Crippen LogP contribution is -2.38. The zero-order chi connectivity index (χ0) is 12.1. The fourth-order valence-corrected chi connectivity index (χ4v) is 2.87. The van der Waals surface area contributed by atoms with Crippen molar-refractivity contribution in [3.8, 4) is 0 Å². The minimum absolute atomic E-state index is 0.0207. The second-order valence-corrected chi connectivity index (χ2v) is 5.22. The van der Waals surface area contributed by atoms with Crippen LogP contribution < -0.4 is 10.6 Å². The van der Waals surface area contributed by atoms with Crippen LogP contribution in [0.5, 0.6) is 0 Å². The summed E-state index contributed by atoms with van der Waals surface area (Å²) in [7, 11) is 1.81. The predicted octanol–water partition coefficient (Wildman–Crippen LogP) is 1.75. The lowest BCUT2D eigenvalue weighted by Gasteiger charge is -2.22. The van der Waals surface area contributed by atoms with Crippen LogP contribution in [0.1, 0.15) is 23.2 Å². The van der Waals surface area contributed by atoms with Gasteiger partial charge in [-0.05, 0) is 30.7 Å². The van der Waals surface area contributed by atoms with Crippen LogP contribution in [0.25, 0.3) is 0 Å². The summed E-state index contributed by atoms with van der Waals surface area (Å²) >= 11 is 1.91. The molecule has 0 saturated carbocycles. The number of nitrogens with one attached hydrogen (secondary N) is 2. The van der Waals surface area contributed by atoms with Gasteiger partial charge in [-0.3, -0.25) is 4.79 Å². The molecule has 92 valence electrons. The maximum Gasteiger partial charge on any atom is 0.253 e. The highest BCUT2D eigenvalue weighted by molar-refractivity contribution is 7.99. The van der Waals surface area contributed by atoms with E-state index in [2.05, 4.69) is 15.6 Å². The van der Waals surface area contributed by atoms with Gasteiger partial charge in [-0.15, -0.1) is 0 Å². The first-order chi connectivity index (χ1) is 8.29. The SMILES string of the molecule is CNc1ccc(C(=O)NC2CCCSC2)cn1. The van der Waals surface area contributed by atoms with Gasteiger partial charge in [0.2, 0.25) is 0 Å². The van der Waals surface area contributed by atoms with E-state index in [0.29, 0.717) is 11.6 Å². The highest BCUT2D eigenvalue weighted by Crippen LogP contribution is 2.17. The zero-order valence-electron chi connectivity index (χ0n) is 9.90. The quantitative estimate of drug-likeness (QED) is 0.859. The topological polar surface area (TPSA) is 54.0 Å². The van der Waals surface area contributed by atoms with Crippen LogP contribution in [0.4, 0.5) is 5.82 Å². The largest absolute Gasteiger partial charge is 0.373 e. The Labute approximate surface area is 106 Å². The van der Waals surface area contributed by atoms with E-state index in [9.17, 15) is 4.79 Å². The van der Waals surface area contributed by atoms with E-state index in [-0.39, 0.29) is 5.91 Å². The van der Waals surface area contributed by atoms with Gasteiger partial charge >= 0.3 is 0 Å². The van der Waals surface area contributed by atoms with E-state index < -0.39 is 0 Å². The Bertz CT molecular complexity index is 374. The van der Waals surface area contributed by atoms with Crippen molar-refractivity contribution in [2.45, 2.75) is 18.9 Å². The van der Waals surface area contributed by atoms with Crippen molar-refractivity contribution in [3.05, 3.63) is 23.9 Å². The molecule has 1 aromatic rings.